The van der Waals surface area contributed by atoms with E-state index in [-0.39, 0.29) is 0 Å². The fourth-order valence-corrected chi connectivity index (χ4v) is 12.2. The van der Waals surface area contributed by atoms with Crippen molar-refractivity contribution in [2.45, 2.75) is 0 Å². The van der Waals surface area contributed by atoms with Crippen molar-refractivity contribution in [3.05, 3.63) is 230 Å². The summed E-state index contributed by atoms with van der Waals surface area (Å²) in [6.07, 6.45) is 0. The van der Waals surface area contributed by atoms with Gasteiger partial charge in [-0.25, -0.2) is 9.98 Å². The second-order valence-corrected chi connectivity index (χ2v) is 17.4. The zero-order valence-electron chi connectivity index (χ0n) is 29.6. The Morgan fingerprint density at radius 2 is 0.537 bits per heavy atom. The number of rotatable bonds is 8. The Balaban J connectivity index is 1.43. The van der Waals surface area contributed by atoms with E-state index in [2.05, 4.69) is 218 Å². The maximum atomic E-state index is 5.71. The van der Waals surface area contributed by atoms with E-state index >= 15 is 0 Å². The summed E-state index contributed by atoms with van der Waals surface area (Å²) in [7, 11) is -1.96. The molecule has 0 fully saturated rings. The first kappa shape index (κ1) is 33.8. The van der Waals surface area contributed by atoms with Crippen LogP contribution in [0, 0.1) is 0 Å². The van der Waals surface area contributed by atoms with E-state index in [9.17, 15) is 0 Å². The Bertz CT molecular complexity index is 2310. The molecule has 0 radical (unpaired) electrons. The van der Waals surface area contributed by atoms with Crippen LogP contribution in [-0.4, -0.2) is 11.4 Å². The van der Waals surface area contributed by atoms with Crippen molar-refractivity contribution in [3.8, 4) is 11.1 Å². The molecule has 0 aliphatic carbocycles. The average Bonchev–Trinajstić information content (AvgIpc) is 3.24. The molecular formula is C50H36N2P2. The third kappa shape index (κ3) is 6.68. The fraction of sp³-hybridized carbons (Fsp3) is 0. The fourth-order valence-electron chi connectivity index (χ4n) is 7.23. The summed E-state index contributed by atoms with van der Waals surface area (Å²) in [4.78, 5) is 11.4. The van der Waals surface area contributed by atoms with Crippen LogP contribution < -0.4 is 31.8 Å². The Morgan fingerprint density at radius 1 is 0.259 bits per heavy atom. The van der Waals surface area contributed by atoms with Gasteiger partial charge >= 0.3 is 0 Å². The van der Waals surface area contributed by atoms with Crippen molar-refractivity contribution in [1.29, 1.82) is 0 Å². The van der Waals surface area contributed by atoms with E-state index < -0.39 is 15.8 Å². The number of nitrogens with zero attached hydrogens (tertiary/aromatic N) is 2. The second-order valence-electron chi connectivity index (χ2n) is 13.0. The Hall–Kier alpha value is -6.04. The summed E-state index contributed by atoms with van der Waals surface area (Å²) in [6.45, 7) is 0. The summed E-state index contributed by atoms with van der Waals surface area (Å²) in [5.74, 6) is 0. The molecule has 0 aromatic heterocycles. The third-order valence-corrected chi connectivity index (χ3v) is 14.6. The van der Waals surface area contributed by atoms with Crippen LogP contribution in [0.15, 0.2) is 228 Å². The van der Waals surface area contributed by atoms with Gasteiger partial charge in [0.2, 0.25) is 0 Å². The predicted molar refractivity (Wildman–Crippen MR) is 235 cm³/mol. The van der Waals surface area contributed by atoms with Crippen molar-refractivity contribution in [1.82, 2.24) is 0 Å². The molecule has 0 unspecified atom stereocenters. The standard InChI is InChI=1S/C50H36N2P2/c1-7-21-37(22-8-1)49-50(38-23-9-2-10-24-38)52-44-34-20-36-46(54(41-29-15-5-16-30-41)42-31-17-6-18-32-42)48(44)47-43(51-49)33-19-35-45(47)53(39-25-11-3-12-26-39)40-27-13-4-14-28-40/h1-36H. The third-order valence-electron chi connectivity index (χ3n) is 9.61. The molecule has 54 heavy (non-hydrogen) atoms. The highest BCUT2D eigenvalue weighted by Crippen LogP contribution is 2.48. The lowest BCUT2D eigenvalue weighted by atomic mass is 9.96. The molecule has 0 spiro atoms. The maximum Gasteiger partial charge on any atom is 0.0972 e. The molecular weight excluding hydrogens is 691 g/mol. The van der Waals surface area contributed by atoms with Crippen LogP contribution in [0.25, 0.3) is 11.1 Å². The minimum Gasteiger partial charge on any atom is -0.245 e. The first-order valence-corrected chi connectivity index (χ1v) is 20.9. The molecule has 0 bridgehead atoms. The predicted octanol–water partition coefficient (Wildman–Crippen LogP) is 10.1. The van der Waals surface area contributed by atoms with Gasteiger partial charge in [-0.05, 0) is 59.8 Å². The van der Waals surface area contributed by atoms with Crippen LogP contribution in [0.4, 0.5) is 11.4 Å². The van der Waals surface area contributed by atoms with Crippen LogP contribution in [0.5, 0.6) is 0 Å². The van der Waals surface area contributed by atoms with E-state index in [1.54, 1.807) is 0 Å². The van der Waals surface area contributed by atoms with Gasteiger partial charge in [0.1, 0.15) is 0 Å². The number of benzene rings is 8. The summed E-state index contributed by atoms with van der Waals surface area (Å²) in [6, 6.07) is 78.4. The Kier molecular flexibility index (Phi) is 9.70. The molecule has 0 atom stereocenters. The Morgan fingerprint density at radius 3 is 0.833 bits per heavy atom. The van der Waals surface area contributed by atoms with Crippen LogP contribution in [-0.2, 0) is 0 Å². The molecule has 0 N–H and O–H groups in total. The lowest BCUT2D eigenvalue weighted by molar-refractivity contribution is 1.45. The monoisotopic (exact) mass is 726 g/mol. The smallest absolute Gasteiger partial charge is 0.0972 e. The molecule has 0 saturated heterocycles. The SMILES string of the molecule is c1ccc(C2=Nc3cccc(P(c4ccccc4)c4ccccc4)c3-c3c(cccc3P(c3ccccc3)c3ccccc3)N=C2c2ccccc2)cc1. The van der Waals surface area contributed by atoms with Gasteiger partial charge in [0.15, 0.2) is 0 Å². The molecule has 1 heterocycles. The first-order valence-electron chi connectivity index (χ1n) is 18.2. The number of aliphatic imine (C=N–C) groups is 2. The summed E-state index contributed by atoms with van der Waals surface area (Å²) >= 11 is 0. The summed E-state index contributed by atoms with van der Waals surface area (Å²) < 4.78 is 0. The molecule has 1 aliphatic rings. The molecule has 8 aromatic carbocycles. The maximum absolute atomic E-state index is 5.71. The van der Waals surface area contributed by atoms with Crippen LogP contribution in [0.1, 0.15) is 11.1 Å². The van der Waals surface area contributed by atoms with Gasteiger partial charge in [-0.15, -0.1) is 0 Å². The molecule has 0 saturated carbocycles. The van der Waals surface area contributed by atoms with E-state index in [0.717, 1.165) is 45.1 Å². The van der Waals surface area contributed by atoms with Gasteiger partial charge in [0.25, 0.3) is 0 Å². The van der Waals surface area contributed by atoms with Gasteiger partial charge in [0, 0.05) is 22.3 Å². The minimum atomic E-state index is -0.980. The van der Waals surface area contributed by atoms with Crippen LogP contribution in [0.3, 0.4) is 0 Å². The van der Waals surface area contributed by atoms with Crippen LogP contribution >= 0.6 is 15.8 Å². The molecule has 256 valence electrons. The van der Waals surface area contributed by atoms with Crippen molar-refractivity contribution in [2.75, 3.05) is 0 Å². The van der Waals surface area contributed by atoms with Crippen molar-refractivity contribution >= 4 is 70.5 Å². The lowest BCUT2D eigenvalue weighted by Crippen LogP contribution is -2.27. The minimum absolute atomic E-state index is 0.855. The lowest BCUT2D eigenvalue weighted by Gasteiger charge is -2.29. The number of hydrogen-bond donors (Lipinski definition) is 0. The highest BCUT2D eigenvalue weighted by atomic mass is 31.1. The molecule has 9 rings (SSSR count). The molecule has 4 heteroatoms. The normalized spacial score (nSPS) is 12.3. The highest BCUT2D eigenvalue weighted by molar-refractivity contribution is 7.80. The van der Waals surface area contributed by atoms with E-state index in [1.807, 2.05) is 0 Å². The quantitative estimate of drug-likeness (QED) is 0.139. The molecule has 2 nitrogen and oxygen atoms in total. The molecule has 1 aliphatic heterocycles. The molecule has 0 amide bonds. The largest absolute Gasteiger partial charge is 0.245 e. The highest BCUT2D eigenvalue weighted by Gasteiger charge is 2.31. The van der Waals surface area contributed by atoms with Crippen molar-refractivity contribution < 1.29 is 0 Å². The zero-order chi connectivity index (χ0) is 36.1. The van der Waals surface area contributed by atoms with Crippen molar-refractivity contribution in [2.24, 2.45) is 9.98 Å². The average molecular weight is 727 g/mol. The summed E-state index contributed by atoms with van der Waals surface area (Å²) in [5, 5.41) is 7.70. The van der Waals surface area contributed by atoms with Gasteiger partial charge in [0.05, 0.1) is 22.8 Å². The molecule has 8 aromatic rings. The van der Waals surface area contributed by atoms with E-state index in [4.69, 9.17) is 9.98 Å². The topological polar surface area (TPSA) is 24.7 Å². The second kappa shape index (κ2) is 15.5. The Labute approximate surface area is 319 Å². The summed E-state index contributed by atoms with van der Waals surface area (Å²) in [5.41, 5.74) is 7.94. The number of fused-ring (bicyclic) bond motifs is 3. The van der Waals surface area contributed by atoms with Gasteiger partial charge in [-0.3, -0.25) is 0 Å². The van der Waals surface area contributed by atoms with Crippen molar-refractivity contribution in [3.63, 3.8) is 0 Å². The van der Waals surface area contributed by atoms with Gasteiger partial charge in [-0.1, -0.05) is 206 Å². The van der Waals surface area contributed by atoms with E-state index in [1.165, 1.54) is 31.8 Å². The van der Waals surface area contributed by atoms with E-state index in [0.29, 0.717) is 0 Å². The first-order chi connectivity index (χ1) is 26.8. The number of hydrogen-bond acceptors (Lipinski definition) is 2. The van der Waals surface area contributed by atoms with Crippen LogP contribution in [0.2, 0.25) is 0 Å². The van der Waals surface area contributed by atoms with Gasteiger partial charge in [-0.2, -0.15) is 0 Å². The van der Waals surface area contributed by atoms with Gasteiger partial charge < -0.3 is 0 Å². The zero-order valence-corrected chi connectivity index (χ0v) is 31.4.